The van der Waals surface area contributed by atoms with E-state index in [0.717, 1.165) is 40.3 Å². The molecular formula is C34H43N3O4S. The number of aryl methyl sites for hydroxylation is 1. The average molecular weight is 590 g/mol. The Bertz CT molecular complexity index is 1360. The van der Waals surface area contributed by atoms with Crippen molar-refractivity contribution in [3.05, 3.63) is 76.8 Å². The highest BCUT2D eigenvalue weighted by Crippen LogP contribution is 2.27. The first-order valence-electron chi connectivity index (χ1n) is 15.1. The second kappa shape index (κ2) is 15.9. The molecule has 1 fully saturated rings. The highest BCUT2D eigenvalue weighted by Gasteiger charge is 2.26. The molecule has 1 N–H and O–H groups in total. The zero-order valence-electron chi connectivity index (χ0n) is 24.9. The summed E-state index contributed by atoms with van der Waals surface area (Å²) in [6.45, 7) is 11.5. The van der Waals surface area contributed by atoms with E-state index in [0.29, 0.717) is 57.4 Å². The Hall–Kier alpha value is -3.20. The van der Waals surface area contributed by atoms with Gasteiger partial charge in [-0.05, 0) is 42.5 Å². The Labute approximate surface area is 253 Å². The predicted molar refractivity (Wildman–Crippen MR) is 169 cm³/mol. The topological polar surface area (TPSA) is 88.6 Å². The number of aromatic nitrogens is 1. The number of ketones is 2. The predicted octanol–water partition coefficient (Wildman–Crippen LogP) is 5.35. The molecule has 0 spiro atoms. The second-order valence-corrected chi connectivity index (χ2v) is 12.2. The highest BCUT2D eigenvalue weighted by molar-refractivity contribution is 7.18. The van der Waals surface area contributed by atoms with Crippen LogP contribution in [0.3, 0.4) is 0 Å². The number of hydrogen-bond donors (Lipinski definition) is 1. The minimum Gasteiger partial charge on any atom is -0.379 e. The molecule has 1 saturated heterocycles. The van der Waals surface area contributed by atoms with Crippen molar-refractivity contribution in [2.75, 3.05) is 32.8 Å². The molecule has 0 saturated carbocycles. The first kappa shape index (κ1) is 31.7. The molecular weight excluding hydrogens is 546 g/mol. The van der Waals surface area contributed by atoms with Crippen molar-refractivity contribution in [1.29, 1.82) is 0 Å². The maximum atomic E-state index is 13.7. The fourth-order valence-electron chi connectivity index (χ4n) is 5.25. The van der Waals surface area contributed by atoms with Gasteiger partial charge in [-0.15, -0.1) is 11.3 Å². The van der Waals surface area contributed by atoms with Gasteiger partial charge < -0.3 is 10.1 Å². The maximum absolute atomic E-state index is 13.7. The lowest BCUT2D eigenvalue weighted by Crippen LogP contribution is -2.42. The minimum absolute atomic E-state index is 0.0208. The number of morpholine rings is 1. The maximum Gasteiger partial charge on any atom is 0.224 e. The number of hydrogen-bond acceptors (Lipinski definition) is 7. The summed E-state index contributed by atoms with van der Waals surface area (Å²) in [4.78, 5) is 46.3. The molecule has 2 aromatic carbocycles. The van der Waals surface area contributed by atoms with Crippen LogP contribution >= 0.6 is 11.3 Å². The molecule has 4 rings (SSSR count). The molecule has 1 amide bonds. The van der Waals surface area contributed by atoms with Crippen molar-refractivity contribution in [1.82, 2.24) is 15.2 Å². The van der Waals surface area contributed by atoms with Gasteiger partial charge in [0.1, 0.15) is 5.78 Å². The van der Waals surface area contributed by atoms with Gasteiger partial charge in [-0.1, -0.05) is 56.8 Å². The fourth-order valence-corrected chi connectivity index (χ4v) is 6.36. The zero-order valence-corrected chi connectivity index (χ0v) is 25.7. The monoisotopic (exact) mass is 589 g/mol. The summed E-state index contributed by atoms with van der Waals surface area (Å²) >= 11 is 1.59. The Morgan fingerprint density at radius 1 is 1.05 bits per heavy atom. The molecule has 3 aromatic rings. The van der Waals surface area contributed by atoms with E-state index in [1.54, 1.807) is 11.3 Å². The summed E-state index contributed by atoms with van der Waals surface area (Å²) in [5.74, 6) is -0.606. The third-order valence-electron chi connectivity index (χ3n) is 7.87. The van der Waals surface area contributed by atoms with Gasteiger partial charge in [0.05, 0.1) is 34.4 Å². The smallest absolute Gasteiger partial charge is 0.224 e. The third-order valence-corrected chi connectivity index (χ3v) is 8.91. The number of fused-ring (bicyclic) bond motifs is 1. The van der Waals surface area contributed by atoms with Crippen molar-refractivity contribution in [2.45, 2.75) is 64.8 Å². The normalized spacial score (nSPS) is 15.3. The Morgan fingerprint density at radius 2 is 1.81 bits per heavy atom. The zero-order chi connectivity index (χ0) is 29.9. The number of carbonyl (C=O) groups is 3. The lowest BCUT2D eigenvalue weighted by molar-refractivity contribution is -0.130. The summed E-state index contributed by atoms with van der Waals surface area (Å²) in [7, 11) is 0. The van der Waals surface area contributed by atoms with Crippen LogP contribution in [0.5, 0.6) is 0 Å². The van der Waals surface area contributed by atoms with Gasteiger partial charge in [-0.3, -0.25) is 19.3 Å². The summed E-state index contributed by atoms with van der Waals surface area (Å²) in [5, 5.41) is 4.08. The third kappa shape index (κ3) is 9.41. The van der Waals surface area contributed by atoms with Gasteiger partial charge in [0, 0.05) is 56.9 Å². The van der Waals surface area contributed by atoms with E-state index in [-0.39, 0.29) is 29.9 Å². The van der Waals surface area contributed by atoms with Crippen LogP contribution in [0.25, 0.3) is 10.2 Å². The van der Waals surface area contributed by atoms with Gasteiger partial charge in [-0.2, -0.15) is 0 Å². The first-order valence-corrected chi connectivity index (χ1v) is 15.9. The van der Waals surface area contributed by atoms with Crippen molar-refractivity contribution < 1.29 is 19.1 Å². The summed E-state index contributed by atoms with van der Waals surface area (Å²) < 4.78 is 6.51. The lowest BCUT2D eigenvalue weighted by atomic mass is 9.94. The number of nitrogens with zero attached hydrogens (tertiary/aromatic N) is 2. The van der Waals surface area contributed by atoms with E-state index in [2.05, 4.69) is 35.9 Å². The van der Waals surface area contributed by atoms with E-state index < -0.39 is 5.92 Å². The van der Waals surface area contributed by atoms with Crippen LogP contribution in [-0.4, -0.2) is 66.2 Å². The molecule has 0 unspecified atom stereocenters. The number of Topliss-reactive ketones (excluding diaryl/α,β-unsaturated/α-hetero) is 2. The first-order chi connectivity index (χ1) is 20.3. The van der Waals surface area contributed by atoms with Gasteiger partial charge in [0.15, 0.2) is 5.78 Å². The molecule has 7 nitrogen and oxygen atoms in total. The molecule has 0 radical (unpaired) electrons. The van der Waals surface area contributed by atoms with Crippen molar-refractivity contribution in [3.63, 3.8) is 0 Å². The Morgan fingerprint density at radius 3 is 2.52 bits per heavy atom. The number of nitrogens with one attached hydrogen (secondary N) is 1. The largest absolute Gasteiger partial charge is 0.379 e. The highest BCUT2D eigenvalue weighted by atomic mass is 32.1. The number of amides is 1. The lowest BCUT2D eigenvalue weighted by Gasteiger charge is -2.27. The van der Waals surface area contributed by atoms with Gasteiger partial charge in [0.25, 0.3) is 0 Å². The van der Waals surface area contributed by atoms with E-state index in [1.807, 2.05) is 43.3 Å². The molecule has 1 aromatic heterocycles. The standard InChI is InChI=1S/C34H43N3O4S/c1-4-25-11-13-30-32(20-25)42-33(36-30)22-27(21-29(38)5-2)34(40)35-28(19-26-9-7-6-8-10-26)12-14-31(39)24(3)23-37-15-17-41-18-16-37/h6-11,13,20,27-28H,3-5,12,14-19,21-23H2,1-2H3,(H,35,40)/t27-,28+/m0/s1. The average Bonchev–Trinajstić information content (AvgIpc) is 3.41. The van der Waals surface area contributed by atoms with Crippen molar-refractivity contribution in [2.24, 2.45) is 5.92 Å². The number of rotatable bonds is 16. The number of carbonyl (C=O) groups excluding carboxylic acids is 3. The van der Waals surface area contributed by atoms with Crippen LogP contribution < -0.4 is 5.32 Å². The molecule has 1 aliphatic heterocycles. The summed E-state index contributed by atoms with van der Waals surface area (Å²) in [6, 6.07) is 16.0. The van der Waals surface area contributed by atoms with E-state index in [9.17, 15) is 14.4 Å². The SMILES string of the molecule is C=C(CN1CCOCC1)C(=O)CC[C@H](Cc1ccccc1)NC(=O)[C@@H](CC(=O)CC)Cc1nc2ccc(CC)cc2s1. The molecule has 0 aliphatic carbocycles. The van der Waals surface area contributed by atoms with Crippen LogP contribution in [0.15, 0.2) is 60.7 Å². The molecule has 2 atom stereocenters. The quantitative estimate of drug-likeness (QED) is 0.227. The van der Waals surface area contributed by atoms with Crippen molar-refractivity contribution >= 4 is 39.0 Å². The molecule has 1 aliphatic rings. The van der Waals surface area contributed by atoms with E-state index in [4.69, 9.17) is 9.72 Å². The number of thiazole rings is 1. The van der Waals surface area contributed by atoms with Crippen LogP contribution in [0.4, 0.5) is 0 Å². The van der Waals surface area contributed by atoms with E-state index in [1.165, 1.54) is 5.56 Å². The molecule has 8 heteroatoms. The van der Waals surface area contributed by atoms with Gasteiger partial charge >= 0.3 is 0 Å². The minimum atomic E-state index is -0.520. The second-order valence-electron chi connectivity index (χ2n) is 11.1. The summed E-state index contributed by atoms with van der Waals surface area (Å²) in [6.07, 6.45) is 3.32. The molecule has 0 bridgehead atoms. The summed E-state index contributed by atoms with van der Waals surface area (Å²) in [5.41, 5.74) is 3.85. The number of benzene rings is 2. The molecule has 2 heterocycles. The van der Waals surface area contributed by atoms with Gasteiger partial charge in [0.2, 0.25) is 5.91 Å². The molecule has 42 heavy (non-hydrogen) atoms. The van der Waals surface area contributed by atoms with Gasteiger partial charge in [-0.25, -0.2) is 4.98 Å². The fraction of sp³-hybridized carbons (Fsp3) is 0.471. The van der Waals surface area contributed by atoms with Crippen molar-refractivity contribution in [3.8, 4) is 0 Å². The number of ether oxygens (including phenoxy) is 1. The van der Waals surface area contributed by atoms with Crippen LogP contribution in [0, 0.1) is 5.92 Å². The Balaban J connectivity index is 1.45. The van der Waals surface area contributed by atoms with Crippen LogP contribution in [-0.2, 0) is 38.4 Å². The molecule has 224 valence electrons. The van der Waals surface area contributed by atoms with Crippen LogP contribution in [0.1, 0.15) is 55.7 Å². The van der Waals surface area contributed by atoms with E-state index >= 15 is 0 Å². The van der Waals surface area contributed by atoms with Crippen LogP contribution in [0.2, 0.25) is 0 Å². The Kier molecular flexibility index (Phi) is 12.0.